The molecule has 0 saturated heterocycles. The Balaban J connectivity index is 1.56. The molecule has 0 unspecified atom stereocenters. The van der Waals surface area contributed by atoms with Crippen molar-refractivity contribution in [2.24, 2.45) is 0 Å². The number of aromatic nitrogens is 2. The van der Waals surface area contributed by atoms with Crippen LogP contribution in [0.2, 0.25) is 0 Å². The molecule has 1 amide bonds. The number of hydrogen-bond donors (Lipinski definition) is 1. The van der Waals surface area contributed by atoms with E-state index in [0.29, 0.717) is 23.3 Å². The number of anilines is 1. The summed E-state index contributed by atoms with van der Waals surface area (Å²) in [5, 5.41) is 7.50. The van der Waals surface area contributed by atoms with E-state index in [0.717, 1.165) is 23.3 Å². The molecule has 0 aliphatic heterocycles. The van der Waals surface area contributed by atoms with Crippen molar-refractivity contribution in [1.82, 2.24) is 9.78 Å². The fraction of sp³-hybridized carbons (Fsp3) is 0.174. The van der Waals surface area contributed by atoms with Crippen molar-refractivity contribution in [2.45, 2.75) is 19.9 Å². The molecule has 30 heavy (non-hydrogen) atoms. The Bertz CT molecular complexity index is 1260. The Hall–Kier alpha value is -3.87. The maximum atomic E-state index is 12.7. The monoisotopic (exact) mass is 403 g/mol. The molecule has 0 spiro atoms. The van der Waals surface area contributed by atoms with Crippen LogP contribution in [0.4, 0.5) is 5.82 Å². The number of ether oxygens (including phenoxy) is 1. The van der Waals surface area contributed by atoms with Crippen LogP contribution in [-0.4, -0.2) is 22.8 Å². The molecule has 0 aliphatic carbocycles. The minimum Gasteiger partial charge on any atom is -0.497 e. The summed E-state index contributed by atoms with van der Waals surface area (Å²) in [4.78, 5) is 25.2. The predicted molar refractivity (Wildman–Crippen MR) is 114 cm³/mol. The van der Waals surface area contributed by atoms with Gasteiger partial charge in [0.1, 0.15) is 17.2 Å². The van der Waals surface area contributed by atoms with E-state index in [4.69, 9.17) is 9.15 Å². The molecule has 0 atom stereocenters. The highest BCUT2D eigenvalue weighted by atomic mass is 16.5. The largest absolute Gasteiger partial charge is 0.497 e. The number of methoxy groups -OCH3 is 1. The smallest absolute Gasteiger partial charge is 0.292 e. The van der Waals surface area contributed by atoms with E-state index in [1.165, 1.54) is 6.07 Å². The molecular formula is C23H21N3O4. The molecule has 0 bridgehead atoms. The van der Waals surface area contributed by atoms with Crippen LogP contribution in [-0.2, 0) is 13.0 Å². The van der Waals surface area contributed by atoms with Crippen molar-refractivity contribution in [3.63, 3.8) is 0 Å². The van der Waals surface area contributed by atoms with Gasteiger partial charge in [-0.2, -0.15) is 5.10 Å². The zero-order chi connectivity index (χ0) is 21.1. The van der Waals surface area contributed by atoms with Crippen molar-refractivity contribution >= 4 is 22.7 Å². The molecule has 4 aromatic rings. The average molecular weight is 403 g/mol. The van der Waals surface area contributed by atoms with E-state index >= 15 is 0 Å². The van der Waals surface area contributed by atoms with Crippen LogP contribution in [0.25, 0.3) is 11.0 Å². The minimum atomic E-state index is -0.509. The molecule has 2 aromatic carbocycles. The summed E-state index contributed by atoms with van der Waals surface area (Å²) in [7, 11) is 1.62. The Kier molecular flexibility index (Phi) is 5.34. The fourth-order valence-corrected chi connectivity index (χ4v) is 3.18. The maximum absolute atomic E-state index is 12.7. The minimum absolute atomic E-state index is 0.0473. The first-order valence-corrected chi connectivity index (χ1v) is 9.60. The second-order valence-corrected chi connectivity index (χ2v) is 6.84. The molecule has 0 fully saturated rings. The van der Waals surface area contributed by atoms with E-state index in [9.17, 15) is 9.59 Å². The Morgan fingerprint density at radius 1 is 1.10 bits per heavy atom. The number of rotatable bonds is 6. The normalized spacial score (nSPS) is 10.9. The molecular weight excluding hydrogens is 382 g/mol. The second-order valence-electron chi connectivity index (χ2n) is 6.84. The summed E-state index contributed by atoms with van der Waals surface area (Å²) in [5.74, 6) is 0.712. The summed E-state index contributed by atoms with van der Waals surface area (Å²) in [6.07, 6.45) is 2.41. The maximum Gasteiger partial charge on any atom is 0.292 e. The first-order chi connectivity index (χ1) is 14.6. The molecule has 7 heteroatoms. The Labute approximate surface area is 172 Å². The molecule has 0 saturated carbocycles. The Morgan fingerprint density at radius 3 is 2.60 bits per heavy atom. The van der Waals surface area contributed by atoms with Crippen LogP contribution in [0.15, 0.2) is 70.0 Å². The highest BCUT2D eigenvalue weighted by Crippen LogP contribution is 2.18. The molecule has 2 aromatic heterocycles. The first-order valence-electron chi connectivity index (χ1n) is 9.60. The number of carbonyl (C=O) groups excluding carboxylic acids is 1. The lowest BCUT2D eigenvalue weighted by Gasteiger charge is -2.10. The van der Waals surface area contributed by atoms with E-state index in [1.807, 2.05) is 37.3 Å². The SMILES string of the molecule is CCc1ccc2oc(C(=O)Nc3ccnn3Cc3ccc(OC)cc3)cc(=O)c2c1. The molecule has 7 nitrogen and oxygen atoms in total. The lowest BCUT2D eigenvalue weighted by Crippen LogP contribution is -2.18. The van der Waals surface area contributed by atoms with Gasteiger partial charge >= 0.3 is 0 Å². The van der Waals surface area contributed by atoms with Gasteiger partial charge in [-0.25, -0.2) is 4.68 Å². The standard InChI is InChI=1S/C23H21N3O4/c1-3-15-6-9-20-18(12-15)19(27)13-21(30-20)23(28)25-22-10-11-24-26(22)14-16-4-7-17(29-2)8-5-16/h4-13H,3,14H2,1-2H3,(H,25,28). The third-order valence-corrected chi connectivity index (χ3v) is 4.87. The van der Waals surface area contributed by atoms with E-state index < -0.39 is 5.91 Å². The van der Waals surface area contributed by atoms with E-state index in [-0.39, 0.29) is 11.2 Å². The third kappa shape index (κ3) is 3.96. The van der Waals surface area contributed by atoms with Crippen molar-refractivity contribution < 1.29 is 13.9 Å². The number of nitrogens with zero attached hydrogens (tertiary/aromatic N) is 2. The number of aryl methyl sites for hydroxylation is 1. The quantitative estimate of drug-likeness (QED) is 0.528. The number of amides is 1. The number of fused-ring (bicyclic) bond motifs is 1. The van der Waals surface area contributed by atoms with Gasteiger partial charge in [-0.3, -0.25) is 9.59 Å². The van der Waals surface area contributed by atoms with Gasteiger partial charge in [0.2, 0.25) is 0 Å². The van der Waals surface area contributed by atoms with E-state index in [2.05, 4.69) is 10.4 Å². The van der Waals surface area contributed by atoms with Crippen LogP contribution < -0.4 is 15.5 Å². The van der Waals surface area contributed by atoms with Gasteiger partial charge in [0.25, 0.3) is 5.91 Å². The number of hydrogen-bond acceptors (Lipinski definition) is 5. The number of carbonyl (C=O) groups is 1. The van der Waals surface area contributed by atoms with Gasteiger partial charge in [0, 0.05) is 12.1 Å². The van der Waals surface area contributed by atoms with Gasteiger partial charge < -0.3 is 14.5 Å². The van der Waals surface area contributed by atoms with Gasteiger partial charge in [0.15, 0.2) is 11.2 Å². The van der Waals surface area contributed by atoms with Crippen LogP contribution in [0.1, 0.15) is 28.6 Å². The third-order valence-electron chi connectivity index (χ3n) is 4.87. The topological polar surface area (TPSA) is 86.4 Å². The van der Waals surface area contributed by atoms with Gasteiger partial charge in [0.05, 0.1) is 25.2 Å². The molecule has 1 N–H and O–H groups in total. The van der Waals surface area contributed by atoms with Gasteiger partial charge in [-0.05, 0) is 41.8 Å². The lowest BCUT2D eigenvalue weighted by atomic mass is 10.1. The van der Waals surface area contributed by atoms with Crippen molar-refractivity contribution in [3.05, 3.63) is 87.9 Å². The zero-order valence-electron chi connectivity index (χ0n) is 16.7. The van der Waals surface area contributed by atoms with Crippen LogP contribution in [0.3, 0.4) is 0 Å². The summed E-state index contributed by atoms with van der Waals surface area (Å²) >= 11 is 0. The molecule has 0 aliphatic rings. The molecule has 4 rings (SSSR count). The molecule has 0 radical (unpaired) electrons. The highest BCUT2D eigenvalue weighted by Gasteiger charge is 2.15. The van der Waals surface area contributed by atoms with Crippen LogP contribution in [0.5, 0.6) is 5.75 Å². The van der Waals surface area contributed by atoms with Crippen molar-refractivity contribution in [3.8, 4) is 5.75 Å². The second kappa shape index (κ2) is 8.24. The summed E-state index contributed by atoms with van der Waals surface area (Å²) in [6, 6.07) is 15.9. The Morgan fingerprint density at radius 2 is 1.87 bits per heavy atom. The van der Waals surface area contributed by atoms with Crippen molar-refractivity contribution in [1.29, 1.82) is 0 Å². The van der Waals surface area contributed by atoms with Gasteiger partial charge in [-0.1, -0.05) is 25.1 Å². The zero-order valence-corrected chi connectivity index (χ0v) is 16.7. The van der Waals surface area contributed by atoms with Crippen LogP contribution in [0, 0.1) is 0 Å². The fourth-order valence-electron chi connectivity index (χ4n) is 3.18. The lowest BCUT2D eigenvalue weighted by molar-refractivity contribution is 0.0996. The summed E-state index contributed by atoms with van der Waals surface area (Å²) in [6.45, 7) is 2.48. The highest BCUT2D eigenvalue weighted by molar-refractivity contribution is 6.02. The van der Waals surface area contributed by atoms with E-state index in [1.54, 1.807) is 36.2 Å². The van der Waals surface area contributed by atoms with Gasteiger partial charge in [-0.15, -0.1) is 0 Å². The van der Waals surface area contributed by atoms with Crippen molar-refractivity contribution in [2.75, 3.05) is 12.4 Å². The summed E-state index contributed by atoms with van der Waals surface area (Å²) in [5.41, 5.74) is 2.17. The molecule has 2 heterocycles. The first kappa shape index (κ1) is 19.4. The average Bonchev–Trinajstić information content (AvgIpc) is 3.20. The number of nitrogens with one attached hydrogen (secondary N) is 1. The molecule has 152 valence electrons. The summed E-state index contributed by atoms with van der Waals surface area (Å²) < 4.78 is 12.5. The van der Waals surface area contributed by atoms with Crippen LogP contribution >= 0.6 is 0 Å². The number of benzene rings is 2. The predicted octanol–water partition coefficient (Wildman–Crippen LogP) is 3.86.